The average molecular weight is 734 g/mol. The molecule has 0 N–H and O–H groups in total. The summed E-state index contributed by atoms with van der Waals surface area (Å²) in [7, 11) is 0. The van der Waals surface area contributed by atoms with Crippen LogP contribution in [-0.4, -0.2) is 15.0 Å². The van der Waals surface area contributed by atoms with Gasteiger partial charge in [0.1, 0.15) is 11.2 Å². The third kappa shape index (κ3) is 5.48. The Kier molecular flexibility index (Phi) is 7.64. The van der Waals surface area contributed by atoms with Gasteiger partial charge in [-0.1, -0.05) is 164 Å². The Bertz CT molecular complexity index is 3240. The van der Waals surface area contributed by atoms with Gasteiger partial charge in [-0.05, 0) is 52.1 Å². The third-order valence-corrected chi connectivity index (χ3v) is 11.9. The smallest absolute Gasteiger partial charge is 0.164 e. The van der Waals surface area contributed by atoms with Crippen molar-refractivity contribution in [2.24, 2.45) is 0 Å². The molecular weight excluding hydrogens is 703 g/mol. The van der Waals surface area contributed by atoms with Crippen LogP contribution in [-0.2, 0) is 0 Å². The predicted molar refractivity (Wildman–Crippen MR) is 233 cm³/mol. The first kappa shape index (κ1) is 32.2. The SMILES string of the molecule is c1ccc(-c2nc(-c3ccc(-c4cccc5c4sc4c(-c6ccccc6)cccc45)c(-c4ccccc4)c3)nc(-c3ccc4c(c3)oc3ccccc34)n2)cc1. The summed E-state index contributed by atoms with van der Waals surface area (Å²) in [5.41, 5.74) is 11.4. The summed E-state index contributed by atoms with van der Waals surface area (Å²) in [6.45, 7) is 0. The van der Waals surface area contributed by atoms with Gasteiger partial charge in [0.05, 0.1) is 0 Å². The Balaban J connectivity index is 1.10. The molecule has 0 bridgehead atoms. The van der Waals surface area contributed by atoms with Crippen LogP contribution in [0.3, 0.4) is 0 Å². The molecule has 0 aliphatic heterocycles. The minimum absolute atomic E-state index is 0.589. The molecular formula is C51H31N3OS. The van der Waals surface area contributed by atoms with Crippen LogP contribution in [0, 0.1) is 0 Å². The molecule has 11 aromatic rings. The minimum atomic E-state index is 0.589. The zero-order valence-corrected chi connectivity index (χ0v) is 30.9. The summed E-state index contributed by atoms with van der Waals surface area (Å²) >= 11 is 1.87. The van der Waals surface area contributed by atoms with E-state index in [0.717, 1.165) is 55.3 Å². The number of thiophene rings is 1. The van der Waals surface area contributed by atoms with Crippen molar-refractivity contribution in [3.8, 4) is 67.5 Å². The van der Waals surface area contributed by atoms with Gasteiger partial charge in [-0.2, -0.15) is 0 Å². The van der Waals surface area contributed by atoms with Crippen molar-refractivity contribution >= 4 is 53.4 Å². The molecule has 0 fully saturated rings. The molecule has 0 aliphatic carbocycles. The van der Waals surface area contributed by atoms with E-state index in [9.17, 15) is 0 Å². The molecule has 0 saturated carbocycles. The van der Waals surface area contributed by atoms with Crippen LogP contribution in [0.15, 0.2) is 192 Å². The van der Waals surface area contributed by atoms with Gasteiger partial charge in [-0.3, -0.25) is 0 Å². The molecule has 56 heavy (non-hydrogen) atoms. The maximum Gasteiger partial charge on any atom is 0.164 e. The largest absolute Gasteiger partial charge is 0.456 e. The van der Waals surface area contributed by atoms with Gasteiger partial charge in [-0.25, -0.2) is 15.0 Å². The molecule has 5 heteroatoms. The second-order valence-corrected chi connectivity index (χ2v) is 15.0. The lowest BCUT2D eigenvalue weighted by Gasteiger charge is -2.14. The number of benzene rings is 8. The summed E-state index contributed by atoms with van der Waals surface area (Å²) < 4.78 is 8.84. The second kappa shape index (κ2) is 13.3. The molecule has 0 atom stereocenters. The van der Waals surface area contributed by atoms with Gasteiger partial charge in [0.15, 0.2) is 17.5 Å². The van der Waals surface area contributed by atoms with Crippen LogP contribution in [0.5, 0.6) is 0 Å². The summed E-state index contributed by atoms with van der Waals surface area (Å²) in [6, 6.07) is 65.7. The van der Waals surface area contributed by atoms with Crippen molar-refractivity contribution in [1.82, 2.24) is 15.0 Å². The first-order valence-corrected chi connectivity index (χ1v) is 19.5. The number of aromatic nitrogens is 3. The van der Waals surface area contributed by atoms with Crippen molar-refractivity contribution in [3.63, 3.8) is 0 Å². The van der Waals surface area contributed by atoms with Crippen molar-refractivity contribution in [3.05, 3.63) is 188 Å². The molecule has 0 amide bonds. The molecule has 3 aromatic heterocycles. The van der Waals surface area contributed by atoms with Gasteiger partial charge in [0.25, 0.3) is 0 Å². The molecule has 0 unspecified atom stereocenters. The second-order valence-electron chi connectivity index (χ2n) is 13.9. The van der Waals surface area contributed by atoms with Gasteiger partial charge in [0, 0.05) is 53.2 Å². The minimum Gasteiger partial charge on any atom is -0.456 e. The van der Waals surface area contributed by atoms with E-state index in [-0.39, 0.29) is 0 Å². The topological polar surface area (TPSA) is 51.8 Å². The maximum atomic E-state index is 6.27. The van der Waals surface area contributed by atoms with E-state index in [1.807, 2.05) is 65.9 Å². The van der Waals surface area contributed by atoms with Gasteiger partial charge >= 0.3 is 0 Å². The average Bonchev–Trinajstić information content (AvgIpc) is 3.85. The number of nitrogens with zero attached hydrogens (tertiary/aromatic N) is 3. The van der Waals surface area contributed by atoms with E-state index in [1.165, 1.54) is 36.9 Å². The number of hydrogen-bond donors (Lipinski definition) is 0. The first-order valence-electron chi connectivity index (χ1n) is 18.7. The zero-order valence-electron chi connectivity index (χ0n) is 30.1. The fourth-order valence-electron chi connectivity index (χ4n) is 7.87. The standard InChI is InChI=1S/C51H31N3OS/c1-4-14-32(15-5-1)37-21-12-23-42-43-24-13-22-41(48(43)56-47(37)42)38-28-26-35(30-44(38)33-16-6-2-7-17-33)50-52-49(34-18-8-3-9-19-34)53-51(54-50)36-27-29-40-39-20-10-11-25-45(39)55-46(40)31-36/h1-31H. The van der Waals surface area contributed by atoms with Crippen molar-refractivity contribution < 1.29 is 4.42 Å². The summed E-state index contributed by atoms with van der Waals surface area (Å²) in [5, 5.41) is 4.69. The Labute approximate surface area is 327 Å². The lowest BCUT2D eigenvalue weighted by atomic mass is 9.91. The van der Waals surface area contributed by atoms with E-state index >= 15 is 0 Å². The van der Waals surface area contributed by atoms with Gasteiger partial charge in [-0.15, -0.1) is 11.3 Å². The first-order chi connectivity index (χ1) is 27.7. The summed E-state index contributed by atoms with van der Waals surface area (Å²) in [5.74, 6) is 1.81. The number of rotatable bonds is 6. The Morgan fingerprint density at radius 3 is 1.50 bits per heavy atom. The lowest BCUT2D eigenvalue weighted by Crippen LogP contribution is -2.00. The fourth-order valence-corrected chi connectivity index (χ4v) is 9.23. The third-order valence-electron chi connectivity index (χ3n) is 10.6. The summed E-state index contributed by atoms with van der Waals surface area (Å²) in [6.07, 6.45) is 0. The molecule has 0 aliphatic rings. The van der Waals surface area contributed by atoms with E-state index < -0.39 is 0 Å². The normalized spacial score (nSPS) is 11.6. The van der Waals surface area contributed by atoms with Crippen LogP contribution in [0.1, 0.15) is 0 Å². The highest BCUT2D eigenvalue weighted by molar-refractivity contribution is 7.26. The number of hydrogen-bond acceptors (Lipinski definition) is 5. The fraction of sp³-hybridized carbons (Fsp3) is 0. The van der Waals surface area contributed by atoms with E-state index in [1.54, 1.807) is 0 Å². The zero-order chi connectivity index (χ0) is 37.0. The molecule has 262 valence electrons. The highest BCUT2D eigenvalue weighted by Gasteiger charge is 2.19. The predicted octanol–water partition coefficient (Wildman–Crippen LogP) is 14.1. The van der Waals surface area contributed by atoms with E-state index in [2.05, 4.69) is 133 Å². The number of furan rings is 1. The summed E-state index contributed by atoms with van der Waals surface area (Å²) in [4.78, 5) is 15.3. The Morgan fingerprint density at radius 2 is 0.804 bits per heavy atom. The quantitative estimate of drug-likeness (QED) is 0.171. The van der Waals surface area contributed by atoms with E-state index in [4.69, 9.17) is 19.4 Å². The van der Waals surface area contributed by atoms with Crippen LogP contribution < -0.4 is 0 Å². The maximum absolute atomic E-state index is 6.27. The van der Waals surface area contributed by atoms with Crippen molar-refractivity contribution in [2.45, 2.75) is 0 Å². The highest BCUT2D eigenvalue weighted by Crippen LogP contribution is 2.46. The van der Waals surface area contributed by atoms with E-state index in [0.29, 0.717) is 17.5 Å². The molecule has 11 rings (SSSR count). The number of fused-ring (bicyclic) bond motifs is 6. The molecule has 0 saturated heterocycles. The molecule has 3 heterocycles. The van der Waals surface area contributed by atoms with Crippen LogP contribution >= 0.6 is 11.3 Å². The number of para-hydroxylation sites is 1. The van der Waals surface area contributed by atoms with Crippen LogP contribution in [0.4, 0.5) is 0 Å². The monoisotopic (exact) mass is 733 g/mol. The highest BCUT2D eigenvalue weighted by atomic mass is 32.1. The Morgan fingerprint density at radius 1 is 0.304 bits per heavy atom. The van der Waals surface area contributed by atoms with Crippen molar-refractivity contribution in [2.75, 3.05) is 0 Å². The van der Waals surface area contributed by atoms with Gasteiger partial charge in [0.2, 0.25) is 0 Å². The van der Waals surface area contributed by atoms with Crippen LogP contribution in [0.25, 0.3) is 110 Å². The van der Waals surface area contributed by atoms with Crippen LogP contribution in [0.2, 0.25) is 0 Å². The molecule has 4 nitrogen and oxygen atoms in total. The Hall–Kier alpha value is -7.21. The van der Waals surface area contributed by atoms with Crippen molar-refractivity contribution in [1.29, 1.82) is 0 Å². The molecule has 0 spiro atoms. The molecule has 0 radical (unpaired) electrons. The lowest BCUT2D eigenvalue weighted by molar-refractivity contribution is 0.669. The van der Waals surface area contributed by atoms with Gasteiger partial charge < -0.3 is 4.42 Å². The molecule has 8 aromatic carbocycles.